The van der Waals surface area contributed by atoms with Crippen LogP contribution in [0.3, 0.4) is 0 Å². The third-order valence-corrected chi connectivity index (χ3v) is 6.15. The lowest BCUT2D eigenvalue weighted by molar-refractivity contribution is 0.268. The Morgan fingerprint density at radius 1 is 1.43 bits per heavy atom. The average Bonchev–Trinajstić information content (AvgIpc) is 2.46. The maximum absolute atomic E-state index is 12.8. The van der Waals surface area contributed by atoms with Gasteiger partial charge in [0, 0.05) is 25.2 Å². The van der Waals surface area contributed by atoms with Crippen LogP contribution in [0.5, 0.6) is 0 Å². The second kappa shape index (κ2) is 6.29. The van der Waals surface area contributed by atoms with Crippen molar-refractivity contribution in [2.75, 3.05) is 17.9 Å². The molecular formula is C14H21N3O2S2. The molecule has 7 heteroatoms. The molecule has 116 valence electrons. The van der Waals surface area contributed by atoms with Crippen molar-refractivity contribution in [2.24, 2.45) is 5.73 Å². The number of hydrogen-bond acceptors (Lipinski definition) is 3. The minimum atomic E-state index is -3.52. The number of thiocarbonyl (C=S) groups is 1. The highest BCUT2D eigenvalue weighted by atomic mass is 32.2. The fourth-order valence-corrected chi connectivity index (χ4v) is 4.30. The van der Waals surface area contributed by atoms with Crippen LogP contribution in [0.25, 0.3) is 0 Å². The Balaban J connectivity index is 2.31. The van der Waals surface area contributed by atoms with Gasteiger partial charge in [-0.25, -0.2) is 0 Å². The second-order valence-corrected chi connectivity index (χ2v) is 7.70. The molecule has 1 aromatic rings. The van der Waals surface area contributed by atoms with Crippen LogP contribution in [-0.2, 0) is 10.2 Å². The number of hydrogen-bond donors (Lipinski definition) is 1. The van der Waals surface area contributed by atoms with Crippen molar-refractivity contribution < 1.29 is 8.42 Å². The minimum absolute atomic E-state index is 0.0324. The molecule has 0 spiro atoms. The first-order valence-electron chi connectivity index (χ1n) is 6.99. The summed E-state index contributed by atoms with van der Waals surface area (Å²) in [5.74, 6) is 0. The smallest absolute Gasteiger partial charge is 0.304 e. The average molecular weight is 327 g/mol. The van der Waals surface area contributed by atoms with Gasteiger partial charge in [0.05, 0.1) is 5.69 Å². The van der Waals surface area contributed by atoms with Crippen LogP contribution in [0, 0.1) is 0 Å². The zero-order chi connectivity index (χ0) is 15.6. The number of rotatable bonds is 4. The number of nitrogens with two attached hydrogens (primary N) is 1. The molecular weight excluding hydrogens is 306 g/mol. The molecule has 2 rings (SSSR count). The predicted molar refractivity (Wildman–Crippen MR) is 89.7 cm³/mol. The van der Waals surface area contributed by atoms with Crippen molar-refractivity contribution in [3.8, 4) is 0 Å². The van der Waals surface area contributed by atoms with E-state index in [0.29, 0.717) is 17.8 Å². The van der Waals surface area contributed by atoms with Gasteiger partial charge in [0.2, 0.25) is 0 Å². The molecule has 1 atom stereocenters. The quantitative estimate of drug-likeness (QED) is 0.858. The summed E-state index contributed by atoms with van der Waals surface area (Å²) < 4.78 is 28.4. The van der Waals surface area contributed by atoms with E-state index in [2.05, 4.69) is 0 Å². The van der Waals surface area contributed by atoms with Crippen LogP contribution in [0.15, 0.2) is 24.3 Å². The van der Waals surface area contributed by atoms with E-state index in [9.17, 15) is 8.42 Å². The monoisotopic (exact) mass is 327 g/mol. The normalized spacial score (nSPS) is 20.2. The van der Waals surface area contributed by atoms with Gasteiger partial charge >= 0.3 is 10.2 Å². The lowest BCUT2D eigenvalue weighted by Crippen LogP contribution is -2.48. The first-order valence-corrected chi connectivity index (χ1v) is 8.80. The van der Waals surface area contributed by atoms with Crippen molar-refractivity contribution >= 4 is 33.1 Å². The summed E-state index contributed by atoms with van der Waals surface area (Å²) in [7, 11) is -1.96. The van der Waals surface area contributed by atoms with Gasteiger partial charge in [-0.3, -0.25) is 4.31 Å². The van der Waals surface area contributed by atoms with Crippen LogP contribution in [0.1, 0.15) is 31.7 Å². The number of anilines is 1. The fraction of sp³-hybridized carbons (Fsp3) is 0.500. The molecule has 1 aliphatic heterocycles. The molecule has 1 aromatic carbocycles. The highest BCUT2D eigenvalue weighted by molar-refractivity contribution is 7.90. The predicted octanol–water partition coefficient (Wildman–Crippen LogP) is 1.88. The Morgan fingerprint density at radius 3 is 2.76 bits per heavy atom. The molecule has 1 aliphatic rings. The Hall–Kier alpha value is -1.18. The molecule has 5 nitrogen and oxygen atoms in total. The van der Waals surface area contributed by atoms with Crippen molar-refractivity contribution in [1.82, 2.24) is 4.31 Å². The summed E-state index contributed by atoms with van der Waals surface area (Å²) >= 11 is 4.94. The highest BCUT2D eigenvalue weighted by Crippen LogP contribution is 2.25. The third-order valence-electron chi connectivity index (χ3n) is 3.88. The van der Waals surface area contributed by atoms with Crippen molar-refractivity contribution in [3.63, 3.8) is 0 Å². The first kappa shape index (κ1) is 16.2. The summed E-state index contributed by atoms with van der Waals surface area (Å²) in [4.78, 5) is 0.258. The molecule has 0 radical (unpaired) electrons. The van der Waals surface area contributed by atoms with Gasteiger partial charge in [-0.2, -0.15) is 12.7 Å². The van der Waals surface area contributed by atoms with Crippen LogP contribution in [0.2, 0.25) is 0 Å². The van der Waals surface area contributed by atoms with E-state index in [0.717, 1.165) is 19.3 Å². The lowest BCUT2D eigenvalue weighted by Gasteiger charge is -2.35. The summed E-state index contributed by atoms with van der Waals surface area (Å²) in [6, 6.07) is 7.01. The van der Waals surface area contributed by atoms with Gasteiger partial charge in [0.1, 0.15) is 4.99 Å². The Kier molecular flexibility index (Phi) is 4.85. The molecule has 0 aromatic heterocycles. The third kappa shape index (κ3) is 3.36. The summed E-state index contributed by atoms with van der Waals surface area (Å²) in [6.45, 7) is 2.53. The largest absolute Gasteiger partial charge is 0.389 e. The lowest BCUT2D eigenvalue weighted by atomic mass is 10.1. The molecule has 21 heavy (non-hydrogen) atoms. The first-order chi connectivity index (χ1) is 9.84. The standard InChI is InChI=1S/C14H21N3O2S2/c1-11-6-3-4-9-17(11)21(18,19)16(2)13-8-5-7-12(10-13)14(15)20/h5,7-8,10-11H,3-4,6,9H2,1-2H3,(H2,15,20). The summed E-state index contributed by atoms with van der Waals surface area (Å²) in [5.41, 5.74) is 6.84. The number of nitrogens with zero attached hydrogens (tertiary/aromatic N) is 2. The van der Waals surface area contributed by atoms with Crippen LogP contribution >= 0.6 is 12.2 Å². The molecule has 1 fully saturated rings. The van der Waals surface area contributed by atoms with Crippen molar-refractivity contribution in [1.29, 1.82) is 0 Å². The molecule has 1 saturated heterocycles. The molecule has 0 aliphatic carbocycles. The Bertz CT molecular complexity index is 631. The zero-order valence-corrected chi connectivity index (χ0v) is 14.0. The Morgan fingerprint density at radius 2 is 2.14 bits per heavy atom. The molecule has 2 N–H and O–H groups in total. The molecule has 1 heterocycles. The fourth-order valence-electron chi connectivity index (χ4n) is 2.56. The molecule has 1 unspecified atom stereocenters. The molecule has 0 saturated carbocycles. The maximum Gasteiger partial charge on any atom is 0.304 e. The van der Waals surface area contributed by atoms with E-state index < -0.39 is 10.2 Å². The van der Waals surface area contributed by atoms with Gasteiger partial charge < -0.3 is 5.73 Å². The number of benzene rings is 1. The van der Waals surface area contributed by atoms with Gasteiger partial charge in [-0.1, -0.05) is 30.8 Å². The van der Waals surface area contributed by atoms with E-state index in [1.54, 1.807) is 35.6 Å². The summed E-state index contributed by atoms with van der Waals surface area (Å²) in [6.07, 6.45) is 2.89. The van der Waals surface area contributed by atoms with Gasteiger partial charge in [0.15, 0.2) is 0 Å². The van der Waals surface area contributed by atoms with E-state index in [-0.39, 0.29) is 11.0 Å². The van der Waals surface area contributed by atoms with Gasteiger partial charge in [0.25, 0.3) is 0 Å². The Labute approximate surface area is 131 Å². The second-order valence-electron chi connectivity index (χ2n) is 5.35. The van der Waals surface area contributed by atoms with Crippen LogP contribution in [-0.4, -0.2) is 37.3 Å². The van der Waals surface area contributed by atoms with Gasteiger partial charge in [-0.05, 0) is 31.9 Å². The van der Waals surface area contributed by atoms with Crippen LogP contribution < -0.4 is 10.0 Å². The number of piperidine rings is 1. The SMILES string of the molecule is CC1CCCCN1S(=O)(=O)N(C)c1cccc(C(N)=S)c1. The molecule has 0 amide bonds. The van der Waals surface area contributed by atoms with Crippen molar-refractivity contribution in [2.45, 2.75) is 32.2 Å². The van der Waals surface area contributed by atoms with Crippen LogP contribution in [0.4, 0.5) is 5.69 Å². The topological polar surface area (TPSA) is 66.6 Å². The van der Waals surface area contributed by atoms with Gasteiger partial charge in [-0.15, -0.1) is 0 Å². The van der Waals surface area contributed by atoms with E-state index in [1.165, 1.54) is 4.31 Å². The maximum atomic E-state index is 12.8. The van der Waals surface area contributed by atoms with Crippen molar-refractivity contribution in [3.05, 3.63) is 29.8 Å². The molecule has 0 bridgehead atoms. The minimum Gasteiger partial charge on any atom is -0.389 e. The van der Waals surface area contributed by atoms with E-state index in [1.807, 2.05) is 6.92 Å². The van der Waals surface area contributed by atoms with E-state index >= 15 is 0 Å². The zero-order valence-electron chi connectivity index (χ0n) is 12.3. The highest BCUT2D eigenvalue weighted by Gasteiger charge is 2.33. The van der Waals surface area contributed by atoms with E-state index in [4.69, 9.17) is 18.0 Å². The summed E-state index contributed by atoms with van der Waals surface area (Å²) in [5, 5.41) is 0.